The van der Waals surface area contributed by atoms with E-state index in [-0.39, 0.29) is 6.61 Å². The molecule has 2 N–H and O–H groups in total. The first-order chi connectivity index (χ1) is 5.66. The van der Waals surface area contributed by atoms with Gasteiger partial charge in [0.25, 0.3) is 0 Å². The molecular weight excluding hydrogens is 156 g/mol. The third-order valence-corrected chi connectivity index (χ3v) is 1.71. The maximum Gasteiger partial charge on any atom is 0.327 e. The number of carboxylic acids is 1. The van der Waals surface area contributed by atoms with Gasteiger partial charge in [-0.15, -0.1) is 0 Å². The van der Waals surface area contributed by atoms with Crippen LogP contribution < -0.4 is 0 Å². The van der Waals surface area contributed by atoms with Crippen molar-refractivity contribution in [3.63, 3.8) is 0 Å². The summed E-state index contributed by atoms with van der Waals surface area (Å²) in [6, 6.07) is 0. The Labute approximate surface area is 72.7 Å². The Morgan fingerprint density at radius 1 is 1.50 bits per heavy atom. The summed E-state index contributed by atoms with van der Waals surface area (Å²) in [5.74, 6) is -0.432. The van der Waals surface area contributed by atoms with Crippen LogP contribution in [0.2, 0.25) is 0 Å². The first-order valence-electron chi connectivity index (χ1n) is 4.17. The Morgan fingerprint density at radius 2 is 2.17 bits per heavy atom. The van der Waals surface area contributed by atoms with Gasteiger partial charge in [-0.3, -0.25) is 0 Å². The van der Waals surface area contributed by atoms with Crippen molar-refractivity contribution in [3.05, 3.63) is 12.2 Å². The fraction of sp³-hybridized carbons (Fsp3) is 0.667. The van der Waals surface area contributed by atoms with E-state index in [0.717, 1.165) is 25.3 Å². The second kappa shape index (κ2) is 6.85. The predicted octanol–water partition coefficient (Wildman–Crippen LogP) is 1.43. The van der Waals surface area contributed by atoms with Crippen LogP contribution in [0.4, 0.5) is 0 Å². The van der Waals surface area contributed by atoms with Gasteiger partial charge in [0.1, 0.15) is 0 Å². The molecule has 0 radical (unpaired) electrons. The van der Waals surface area contributed by atoms with Gasteiger partial charge in [0.2, 0.25) is 0 Å². The van der Waals surface area contributed by atoms with Crippen molar-refractivity contribution in [1.82, 2.24) is 0 Å². The standard InChI is InChI=1S/C9H16O3/c1-8(6-7-10)4-2-3-5-9(11)12/h3,5,8,10H,2,4,6-7H2,1H3,(H,11,12). The van der Waals surface area contributed by atoms with E-state index in [1.807, 2.05) is 6.92 Å². The Hall–Kier alpha value is -0.830. The van der Waals surface area contributed by atoms with Gasteiger partial charge in [0.15, 0.2) is 0 Å². The molecule has 0 aliphatic rings. The topological polar surface area (TPSA) is 57.5 Å². The number of carboxylic acid groups (broad SMARTS) is 1. The molecule has 0 aromatic carbocycles. The molecule has 0 spiro atoms. The summed E-state index contributed by atoms with van der Waals surface area (Å²) < 4.78 is 0. The monoisotopic (exact) mass is 172 g/mol. The molecule has 0 rings (SSSR count). The minimum atomic E-state index is -0.898. The average molecular weight is 172 g/mol. The molecule has 0 heterocycles. The first kappa shape index (κ1) is 11.2. The molecule has 0 fully saturated rings. The van der Waals surface area contributed by atoms with E-state index in [0.29, 0.717) is 5.92 Å². The number of aliphatic hydroxyl groups is 1. The van der Waals surface area contributed by atoms with Crippen LogP contribution >= 0.6 is 0 Å². The molecule has 70 valence electrons. The van der Waals surface area contributed by atoms with E-state index in [1.165, 1.54) is 0 Å². The van der Waals surface area contributed by atoms with Crippen LogP contribution in [0.15, 0.2) is 12.2 Å². The molecule has 1 unspecified atom stereocenters. The maximum atomic E-state index is 10.0. The zero-order valence-corrected chi connectivity index (χ0v) is 7.36. The summed E-state index contributed by atoms with van der Waals surface area (Å²) in [4.78, 5) is 10.0. The highest BCUT2D eigenvalue weighted by Gasteiger charge is 1.98. The van der Waals surface area contributed by atoms with E-state index >= 15 is 0 Å². The lowest BCUT2D eigenvalue weighted by Gasteiger charge is -2.05. The van der Waals surface area contributed by atoms with Gasteiger partial charge in [-0.1, -0.05) is 13.0 Å². The van der Waals surface area contributed by atoms with Crippen molar-refractivity contribution >= 4 is 5.97 Å². The van der Waals surface area contributed by atoms with Gasteiger partial charge < -0.3 is 10.2 Å². The Balaban J connectivity index is 3.36. The van der Waals surface area contributed by atoms with Gasteiger partial charge in [0.05, 0.1) is 0 Å². The van der Waals surface area contributed by atoms with Crippen LogP contribution in [0, 0.1) is 5.92 Å². The van der Waals surface area contributed by atoms with Crippen LogP contribution in [0.1, 0.15) is 26.2 Å². The van der Waals surface area contributed by atoms with Crippen molar-refractivity contribution in [3.8, 4) is 0 Å². The third kappa shape index (κ3) is 7.28. The number of aliphatic carboxylic acids is 1. The Bertz CT molecular complexity index is 152. The van der Waals surface area contributed by atoms with Gasteiger partial charge >= 0.3 is 5.97 Å². The molecule has 0 bridgehead atoms. The third-order valence-electron chi connectivity index (χ3n) is 1.71. The van der Waals surface area contributed by atoms with E-state index in [4.69, 9.17) is 10.2 Å². The molecule has 3 nitrogen and oxygen atoms in total. The lowest BCUT2D eigenvalue weighted by molar-refractivity contribution is -0.131. The molecule has 1 atom stereocenters. The summed E-state index contributed by atoms with van der Waals surface area (Å²) >= 11 is 0. The van der Waals surface area contributed by atoms with Gasteiger partial charge in [-0.05, 0) is 25.2 Å². The second-order valence-corrected chi connectivity index (χ2v) is 2.94. The van der Waals surface area contributed by atoms with Crippen molar-refractivity contribution in [2.75, 3.05) is 6.61 Å². The lowest BCUT2D eigenvalue weighted by Crippen LogP contribution is -1.97. The quantitative estimate of drug-likeness (QED) is 0.596. The first-order valence-corrected chi connectivity index (χ1v) is 4.17. The molecule has 0 saturated heterocycles. The molecule has 0 aliphatic heterocycles. The van der Waals surface area contributed by atoms with E-state index in [9.17, 15) is 4.79 Å². The summed E-state index contributed by atoms with van der Waals surface area (Å²) in [6.45, 7) is 2.26. The number of carbonyl (C=O) groups is 1. The van der Waals surface area contributed by atoms with E-state index in [1.54, 1.807) is 6.08 Å². The smallest absolute Gasteiger partial charge is 0.327 e. The van der Waals surface area contributed by atoms with Crippen molar-refractivity contribution in [2.24, 2.45) is 5.92 Å². The largest absolute Gasteiger partial charge is 0.478 e. The highest BCUT2D eigenvalue weighted by molar-refractivity contribution is 5.79. The zero-order chi connectivity index (χ0) is 9.40. The summed E-state index contributed by atoms with van der Waals surface area (Å²) in [5, 5.41) is 16.8. The zero-order valence-electron chi connectivity index (χ0n) is 7.36. The van der Waals surface area contributed by atoms with Crippen molar-refractivity contribution in [1.29, 1.82) is 0 Å². The molecule has 3 heteroatoms. The van der Waals surface area contributed by atoms with Crippen LogP contribution in [0.3, 0.4) is 0 Å². The number of hydrogen-bond donors (Lipinski definition) is 2. The maximum absolute atomic E-state index is 10.0. The second-order valence-electron chi connectivity index (χ2n) is 2.94. The predicted molar refractivity (Wildman–Crippen MR) is 46.9 cm³/mol. The van der Waals surface area contributed by atoms with Crippen molar-refractivity contribution < 1.29 is 15.0 Å². The minimum Gasteiger partial charge on any atom is -0.478 e. The van der Waals surface area contributed by atoms with Crippen LogP contribution in [0.5, 0.6) is 0 Å². The number of aliphatic hydroxyl groups excluding tert-OH is 1. The SMILES string of the molecule is CC(CCO)CCC=CC(=O)O. The molecule has 0 amide bonds. The fourth-order valence-corrected chi connectivity index (χ4v) is 0.930. The lowest BCUT2D eigenvalue weighted by atomic mass is 10.0. The van der Waals surface area contributed by atoms with Gasteiger partial charge in [-0.2, -0.15) is 0 Å². The highest BCUT2D eigenvalue weighted by Crippen LogP contribution is 2.09. The summed E-state index contributed by atoms with van der Waals surface area (Å²) in [5.41, 5.74) is 0. The van der Waals surface area contributed by atoms with E-state index < -0.39 is 5.97 Å². The molecular formula is C9H16O3. The molecule has 0 aromatic heterocycles. The summed E-state index contributed by atoms with van der Waals surface area (Å²) in [6.07, 6.45) is 5.31. The molecule has 0 aliphatic carbocycles. The molecule has 12 heavy (non-hydrogen) atoms. The minimum absolute atomic E-state index is 0.212. The average Bonchev–Trinajstić information content (AvgIpc) is 1.98. The van der Waals surface area contributed by atoms with Gasteiger partial charge in [-0.25, -0.2) is 4.79 Å². The highest BCUT2D eigenvalue weighted by atomic mass is 16.4. The fourth-order valence-electron chi connectivity index (χ4n) is 0.930. The molecule has 0 aromatic rings. The number of rotatable bonds is 6. The Kier molecular flexibility index (Phi) is 6.38. The summed E-state index contributed by atoms with van der Waals surface area (Å²) in [7, 11) is 0. The number of hydrogen-bond acceptors (Lipinski definition) is 2. The normalized spacial score (nSPS) is 13.5. The van der Waals surface area contributed by atoms with E-state index in [2.05, 4.69) is 0 Å². The Morgan fingerprint density at radius 3 is 2.67 bits per heavy atom. The molecule has 0 saturated carbocycles. The van der Waals surface area contributed by atoms with Crippen LogP contribution in [-0.2, 0) is 4.79 Å². The van der Waals surface area contributed by atoms with Gasteiger partial charge in [0, 0.05) is 12.7 Å². The van der Waals surface area contributed by atoms with Crippen molar-refractivity contribution in [2.45, 2.75) is 26.2 Å². The van der Waals surface area contributed by atoms with Crippen LogP contribution in [-0.4, -0.2) is 22.8 Å². The number of allylic oxidation sites excluding steroid dienone is 1. The van der Waals surface area contributed by atoms with Crippen LogP contribution in [0.25, 0.3) is 0 Å².